The minimum absolute atomic E-state index is 0.0596. The van der Waals surface area contributed by atoms with Crippen molar-refractivity contribution in [2.75, 3.05) is 19.5 Å². The van der Waals surface area contributed by atoms with Gasteiger partial charge in [-0.05, 0) is 41.8 Å². The minimum Gasteiger partial charge on any atom is -0.497 e. The summed E-state index contributed by atoms with van der Waals surface area (Å²) in [6, 6.07) is 15.4. The number of benzene rings is 2. The van der Waals surface area contributed by atoms with Gasteiger partial charge >= 0.3 is 5.97 Å². The van der Waals surface area contributed by atoms with E-state index in [1.807, 2.05) is 11.4 Å². The molecule has 6 nitrogen and oxygen atoms in total. The number of esters is 1. The number of hydrogen-bond acceptors (Lipinski definition) is 6. The lowest BCUT2D eigenvalue weighted by Crippen LogP contribution is -2.12. The average Bonchev–Trinajstić information content (AvgIpc) is 3.25. The van der Waals surface area contributed by atoms with Gasteiger partial charge in [-0.2, -0.15) is 0 Å². The molecule has 0 saturated carbocycles. The Balaban J connectivity index is 1.59. The highest BCUT2D eigenvalue weighted by molar-refractivity contribution is 7.12. The first-order chi connectivity index (χ1) is 13.6. The molecule has 1 N–H and O–H groups in total. The normalized spacial score (nSPS) is 10.2. The van der Waals surface area contributed by atoms with E-state index in [1.54, 1.807) is 55.6 Å². The second kappa shape index (κ2) is 9.05. The lowest BCUT2D eigenvalue weighted by atomic mass is 10.1. The molecule has 28 heavy (non-hydrogen) atoms. The zero-order valence-electron chi connectivity index (χ0n) is 15.4. The third-order valence-corrected chi connectivity index (χ3v) is 4.79. The Morgan fingerprint density at radius 1 is 0.964 bits per heavy atom. The third-order valence-electron chi connectivity index (χ3n) is 3.92. The molecule has 3 rings (SSSR count). The highest BCUT2D eigenvalue weighted by atomic mass is 32.1. The number of rotatable bonds is 7. The van der Waals surface area contributed by atoms with Crippen LogP contribution in [0.4, 0.5) is 5.69 Å². The second-order valence-electron chi connectivity index (χ2n) is 5.78. The van der Waals surface area contributed by atoms with Gasteiger partial charge in [-0.3, -0.25) is 9.59 Å². The van der Waals surface area contributed by atoms with Crippen LogP contribution in [-0.4, -0.2) is 26.1 Å². The van der Waals surface area contributed by atoms with Crippen LogP contribution >= 0.6 is 11.3 Å². The van der Waals surface area contributed by atoms with Crippen LogP contribution in [0, 0.1) is 0 Å². The molecule has 1 heterocycles. The smallest absolute Gasteiger partial charge is 0.315 e. The summed E-state index contributed by atoms with van der Waals surface area (Å²) in [6.07, 6.45) is 0.0596. The van der Waals surface area contributed by atoms with Crippen molar-refractivity contribution < 1.29 is 23.8 Å². The van der Waals surface area contributed by atoms with Crippen molar-refractivity contribution >= 4 is 28.9 Å². The van der Waals surface area contributed by atoms with Gasteiger partial charge in [-0.1, -0.05) is 12.1 Å². The van der Waals surface area contributed by atoms with E-state index in [0.29, 0.717) is 33.4 Å². The number of hydrogen-bond donors (Lipinski definition) is 1. The highest BCUT2D eigenvalue weighted by Gasteiger charge is 2.12. The summed E-state index contributed by atoms with van der Waals surface area (Å²) >= 11 is 1.37. The first-order valence-corrected chi connectivity index (χ1v) is 9.33. The molecule has 0 bridgehead atoms. The molecule has 1 aromatic heterocycles. The highest BCUT2D eigenvalue weighted by Crippen LogP contribution is 2.25. The summed E-state index contributed by atoms with van der Waals surface area (Å²) in [6.45, 7) is 0. The number of carbonyl (C=O) groups is 2. The van der Waals surface area contributed by atoms with Gasteiger partial charge in [0.1, 0.15) is 17.2 Å². The van der Waals surface area contributed by atoms with E-state index in [1.165, 1.54) is 18.4 Å². The maximum absolute atomic E-state index is 12.2. The summed E-state index contributed by atoms with van der Waals surface area (Å²) in [5, 5.41) is 4.64. The minimum atomic E-state index is -0.418. The Morgan fingerprint density at radius 3 is 2.36 bits per heavy atom. The van der Waals surface area contributed by atoms with Gasteiger partial charge in [0.05, 0.1) is 25.5 Å². The zero-order chi connectivity index (χ0) is 19.9. The largest absolute Gasteiger partial charge is 0.497 e. The Labute approximate surface area is 166 Å². The zero-order valence-corrected chi connectivity index (χ0v) is 16.2. The number of amides is 1. The van der Waals surface area contributed by atoms with Crippen molar-refractivity contribution in [1.82, 2.24) is 0 Å². The Kier molecular flexibility index (Phi) is 6.29. The van der Waals surface area contributed by atoms with Crippen molar-refractivity contribution in [1.29, 1.82) is 0 Å². The van der Waals surface area contributed by atoms with Gasteiger partial charge in [0.2, 0.25) is 0 Å². The van der Waals surface area contributed by atoms with E-state index >= 15 is 0 Å². The van der Waals surface area contributed by atoms with Gasteiger partial charge < -0.3 is 19.5 Å². The number of thiophene rings is 1. The van der Waals surface area contributed by atoms with Gasteiger partial charge in [0, 0.05) is 17.3 Å². The molecular weight excluding hydrogens is 378 g/mol. The molecule has 144 valence electrons. The molecular formula is C21H19NO5S. The van der Waals surface area contributed by atoms with Crippen LogP contribution in [0.15, 0.2) is 60.0 Å². The molecule has 0 atom stereocenters. The topological polar surface area (TPSA) is 73.9 Å². The molecule has 1 amide bonds. The molecule has 0 spiro atoms. The number of ether oxygens (including phenoxy) is 3. The van der Waals surface area contributed by atoms with Gasteiger partial charge in [0.15, 0.2) is 0 Å². The first-order valence-electron chi connectivity index (χ1n) is 8.45. The van der Waals surface area contributed by atoms with Crippen LogP contribution in [0.25, 0.3) is 0 Å². The Bertz CT molecular complexity index is 951. The second-order valence-corrected chi connectivity index (χ2v) is 6.73. The Hall–Kier alpha value is -3.32. The van der Waals surface area contributed by atoms with Crippen LogP contribution in [0.5, 0.6) is 17.2 Å². The van der Waals surface area contributed by atoms with E-state index < -0.39 is 5.97 Å². The third kappa shape index (κ3) is 4.89. The molecule has 2 aromatic carbocycles. The number of carbonyl (C=O) groups excluding carboxylic acids is 2. The van der Waals surface area contributed by atoms with Crippen molar-refractivity contribution in [3.8, 4) is 17.2 Å². The Morgan fingerprint density at radius 2 is 1.71 bits per heavy atom. The maximum Gasteiger partial charge on any atom is 0.315 e. The summed E-state index contributed by atoms with van der Waals surface area (Å²) in [5.74, 6) is 1.01. The summed E-state index contributed by atoms with van der Waals surface area (Å²) in [7, 11) is 3.10. The van der Waals surface area contributed by atoms with Crippen LogP contribution in [-0.2, 0) is 11.2 Å². The van der Waals surface area contributed by atoms with Crippen LogP contribution in [0.3, 0.4) is 0 Å². The van der Waals surface area contributed by atoms with Gasteiger partial charge in [-0.25, -0.2) is 0 Å². The van der Waals surface area contributed by atoms with E-state index in [0.717, 1.165) is 0 Å². The fourth-order valence-electron chi connectivity index (χ4n) is 2.53. The van der Waals surface area contributed by atoms with Crippen molar-refractivity contribution in [2.24, 2.45) is 0 Å². The quantitative estimate of drug-likeness (QED) is 0.479. The molecule has 0 unspecified atom stereocenters. The summed E-state index contributed by atoms with van der Waals surface area (Å²) in [4.78, 5) is 24.9. The molecule has 0 saturated heterocycles. The first kappa shape index (κ1) is 19.4. The lowest BCUT2D eigenvalue weighted by Gasteiger charge is -2.10. The van der Waals surface area contributed by atoms with E-state index in [9.17, 15) is 9.59 Å². The molecule has 0 fully saturated rings. The van der Waals surface area contributed by atoms with Gasteiger partial charge in [0.25, 0.3) is 5.91 Å². The lowest BCUT2D eigenvalue weighted by molar-refractivity contribution is -0.133. The molecule has 0 aliphatic rings. The van der Waals surface area contributed by atoms with E-state index in [-0.39, 0.29) is 12.3 Å². The summed E-state index contributed by atoms with van der Waals surface area (Å²) in [5.41, 5.74) is 1.32. The monoisotopic (exact) mass is 397 g/mol. The fourth-order valence-corrected chi connectivity index (χ4v) is 3.15. The molecule has 3 aromatic rings. The van der Waals surface area contributed by atoms with E-state index in [2.05, 4.69) is 5.32 Å². The number of nitrogens with one attached hydrogen (secondary N) is 1. The van der Waals surface area contributed by atoms with Gasteiger partial charge in [-0.15, -0.1) is 11.3 Å². The van der Waals surface area contributed by atoms with E-state index in [4.69, 9.17) is 14.2 Å². The number of methoxy groups -OCH3 is 2. The summed E-state index contributed by atoms with van der Waals surface area (Å²) < 4.78 is 15.8. The van der Waals surface area contributed by atoms with Crippen LogP contribution in [0.1, 0.15) is 15.2 Å². The van der Waals surface area contributed by atoms with Crippen molar-refractivity contribution in [3.05, 3.63) is 70.4 Å². The maximum atomic E-state index is 12.2. The predicted molar refractivity (Wildman–Crippen MR) is 108 cm³/mol. The van der Waals surface area contributed by atoms with Crippen LogP contribution in [0.2, 0.25) is 0 Å². The van der Waals surface area contributed by atoms with Crippen molar-refractivity contribution in [3.63, 3.8) is 0 Å². The van der Waals surface area contributed by atoms with Crippen LogP contribution < -0.4 is 19.5 Å². The molecule has 0 radical (unpaired) electrons. The fraction of sp³-hybridized carbons (Fsp3) is 0.143. The predicted octanol–water partition coefficient (Wildman–Crippen LogP) is 4.17. The SMILES string of the molecule is COc1ccc(CC(=O)Oc2ccc(NC(=O)c3cccs3)cc2)c(OC)c1. The molecule has 7 heteroatoms. The van der Waals surface area contributed by atoms with Crippen molar-refractivity contribution in [2.45, 2.75) is 6.42 Å². The molecule has 0 aliphatic carbocycles. The molecule has 0 aliphatic heterocycles. The number of anilines is 1. The standard InChI is InChI=1S/C21H19NO5S/c1-25-17-8-5-14(18(13-17)26-2)12-20(23)27-16-9-6-15(7-10-16)22-21(24)19-4-3-11-28-19/h3-11,13H,12H2,1-2H3,(H,22,24). The average molecular weight is 397 g/mol.